The highest BCUT2D eigenvalue weighted by atomic mass is 28.3. The van der Waals surface area contributed by atoms with Gasteiger partial charge in [-0.3, -0.25) is 4.90 Å². The monoisotopic (exact) mass is 498 g/mol. The second-order valence-corrected chi connectivity index (χ2v) is 16.7. The summed E-state index contributed by atoms with van der Waals surface area (Å²) < 4.78 is 0. The van der Waals surface area contributed by atoms with Gasteiger partial charge in [-0.05, 0) is 39.1 Å². The topological polar surface area (TPSA) is 43.8 Å². The Hall–Kier alpha value is -3.11. The molecule has 3 aromatic carbocycles. The number of hydrogen-bond acceptors (Lipinski definition) is 2. The molecule has 0 bridgehead atoms. The zero-order valence-corrected chi connectivity index (χ0v) is 23.5. The van der Waals surface area contributed by atoms with Crippen molar-refractivity contribution in [3.63, 3.8) is 0 Å². The van der Waals surface area contributed by atoms with E-state index >= 15 is 0 Å². The third-order valence-corrected chi connectivity index (χ3v) is 13.8. The first-order chi connectivity index (χ1) is 16.9. The fourth-order valence-corrected chi connectivity index (χ4v) is 7.01. The second kappa shape index (κ2) is 9.74. The van der Waals surface area contributed by atoms with Crippen LogP contribution in [0.1, 0.15) is 51.0 Å². The fraction of sp³-hybridized carbons (Fsp3) is 0.355. The largest absolute Gasteiger partial charge is 0.384 e. The van der Waals surface area contributed by atoms with Gasteiger partial charge in [0.2, 0.25) is 0 Å². The van der Waals surface area contributed by atoms with Crippen molar-refractivity contribution in [2.75, 3.05) is 7.05 Å². The smallest absolute Gasteiger partial charge is 0.325 e. The maximum Gasteiger partial charge on any atom is 0.325 e. The molecule has 4 rings (SSSR count). The zero-order valence-electron chi connectivity index (χ0n) is 22.5. The molecule has 0 aliphatic carbocycles. The van der Waals surface area contributed by atoms with Crippen molar-refractivity contribution in [1.82, 2.24) is 9.80 Å². The molecule has 1 aliphatic rings. The number of fused-ring (bicyclic) bond motifs is 1. The van der Waals surface area contributed by atoms with Gasteiger partial charge >= 0.3 is 6.03 Å². The molecule has 5 heteroatoms. The number of hydrogen-bond donors (Lipinski definition) is 1. The Bertz CT molecular complexity index is 1310. The molecular formula is C31H38N2O2Si. The molecule has 2 amide bonds. The Balaban J connectivity index is 1.89. The quantitative estimate of drug-likeness (QED) is 0.293. The van der Waals surface area contributed by atoms with Crippen LogP contribution in [0.2, 0.25) is 18.1 Å². The average molecular weight is 499 g/mol. The number of carbonyl (C=O) groups is 1. The van der Waals surface area contributed by atoms with Crippen LogP contribution in [0, 0.1) is 0 Å². The van der Waals surface area contributed by atoms with Crippen molar-refractivity contribution in [1.29, 1.82) is 0 Å². The van der Waals surface area contributed by atoms with E-state index in [1.807, 2.05) is 49.5 Å². The highest BCUT2D eigenvalue weighted by molar-refractivity contribution is 6.86. The Labute approximate surface area is 216 Å². The molecule has 1 aliphatic heterocycles. The van der Waals surface area contributed by atoms with E-state index in [2.05, 4.69) is 76.9 Å². The number of aliphatic hydroxyl groups is 1. The van der Waals surface area contributed by atoms with E-state index in [-0.39, 0.29) is 23.2 Å². The van der Waals surface area contributed by atoms with Gasteiger partial charge in [0.15, 0.2) is 0 Å². The summed E-state index contributed by atoms with van der Waals surface area (Å²) in [6.07, 6.45) is 0.987. The van der Waals surface area contributed by atoms with Crippen LogP contribution in [0.3, 0.4) is 0 Å². The summed E-state index contributed by atoms with van der Waals surface area (Å²) in [5.41, 5.74) is 5.49. The Morgan fingerprint density at radius 1 is 1.00 bits per heavy atom. The highest BCUT2D eigenvalue weighted by Gasteiger charge is 2.43. The molecule has 0 aromatic heterocycles. The molecule has 0 radical (unpaired) electrons. The van der Waals surface area contributed by atoms with Crippen LogP contribution < -0.4 is 0 Å². The van der Waals surface area contributed by atoms with Crippen molar-refractivity contribution >= 4 is 24.9 Å². The number of rotatable bonds is 5. The van der Waals surface area contributed by atoms with E-state index < -0.39 is 14.2 Å². The zero-order chi connectivity index (χ0) is 26.3. The summed E-state index contributed by atoms with van der Waals surface area (Å²) in [4.78, 5) is 16.9. The molecule has 1 fully saturated rings. The summed E-state index contributed by atoms with van der Waals surface area (Å²) in [5.74, 6) is 0. The standard InChI is InChI=1S/C31H38N2O2Si/c1-22-28(24-15-9-8-10-16-24)33(30(35)32(22)5)21-20-27(36(6,7)31(2,3)4)29(34)26-19-13-17-23-14-11-12-18-25(23)26/h8-19,21-22,28-29,34H,1-7H3/t20?,22-,28-,29-/m0/s1. The summed E-state index contributed by atoms with van der Waals surface area (Å²) in [6.45, 7) is 13.4. The molecule has 0 saturated carbocycles. The Kier molecular flexibility index (Phi) is 7.02. The van der Waals surface area contributed by atoms with Gasteiger partial charge in [-0.15, -0.1) is 5.73 Å². The van der Waals surface area contributed by atoms with Crippen LogP contribution in [0.15, 0.2) is 89.9 Å². The molecular weight excluding hydrogens is 460 g/mol. The van der Waals surface area contributed by atoms with Crippen LogP contribution in [0.4, 0.5) is 4.79 Å². The van der Waals surface area contributed by atoms with Crippen molar-refractivity contribution in [3.8, 4) is 0 Å². The van der Waals surface area contributed by atoms with Crippen LogP contribution >= 0.6 is 0 Å². The SMILES string of the molecule is C[C@H]1[C@@H](c2ccccc2)N(C=C=C([C@@H](O)c2cccc3ccccc23)[Si](C)(C)C(C)(C)C)C(=O)N1C. The highest BCUT2D eigenvalue weighted by Crippen LogP contribution is 2.45. The van der Waals surface area contributed by atoms with Gasteiger partial charge in [0.05, 0.1) is 26.4 Å². The molecule has 3 aromatic rings. The number of benzene rings is 3. The van der Waals surface area contributed by atoms with Gasteiger partial charge in [-0.1, -0.05) is 107 Å². The second-order valence-electron chi connectivity index (χ2n) is 11.4. The molecule has 188 valence electrons. The number of nitrogens with zero attached hydrogens (tertiary/aromatic N) is 2. The van der Waals surface area contributed by atoms with Gasteiger partial charge in [-0.25, -0.2) is 4.79 Å². The lowest BCUT2D eigenvalue weighted by Gasteiger charge is -2.40. The minimum atomic E-state index is -2.22. The number of aliphatic hydroxyl groups excluding tert-OH is 1. The molecule has 36 heavy (non-hydrogen) atoms. The third-order valence-electron chi connectivity index (χ3n) is 8.33. The Morgan fingerprint density at radius 2 is 1.61 bits per heavy atom. The first-order valence-electron chi connectivity index (χ1n) is 12.7. The lowest BCUT2D eigenvalue weighted by Crippen LogP contribution is -2.41. The van der Waals surface area contributed by atoms with Crippen molar-refractivity contribution in [3.05, 3.63) is 101 Å². The minimum absolute atomic E-state index is 0.0114. The maximum atomic E-state index is 13.3. The first-order valence-corrected chi connectivity index (χ1v) is 15.7. The molecule has 1 heterocycles. The van der Waals surface area contributed by atoms with Gasteiger partial charge in [-0.2, -0.15) is 0 Å². The summed E-state index contributed by atoms with van der Waals surface area (Å²) >= 11 is 0. The van der Waals surface area contributed by atoms with Crippen LogP contribution in [-0.2, 0) is 0 Å². The number of amides is 2. The molecule has 1 N–H and O–H groups in total. The van der Waals surface area contributed by atoms with E-state index in [9.17, 15) is 9.90 Å². The lowest BCUT2D eigenvalue weighted by atomic mass is 10.00. The molecule has 4 nitrogen and oxygen atoms in total. The predicted molar refractivity (Wildman–Crippen MR) is 151 cm³/mol. The minimum Gasteiger partial charge on any atom is -0.384 e. The van der Waals surface area contributed by atoms with Crippen LogP contribution in [-0.4, -0.2) is 42.1 Å². The van der Waals surface area contributed by atoms with Crippen molar-refractivity contribution in [2.45, 2.75) is 64.0 Å². The van der Waals surface area contributed by atoms with Crippen molar-refractivity contribution < 1.29 is 9.90 Å². The van der Waals surface area contributed by atoms with Gasteiger partial charge in [0.25, 0.3) is 0 Å². The number of carbonyl (C=O) groups excluding carboxylic acids is 1. The predicted octanol–water partition coefficient (Wildman–Crippen LogP) is 7.46. The number of likely N-dealkylation sites (N-methyl/N-ethyl adjacent to an activating group) is 1. The third kappa shape index (κ3) is 4.55. The fourth-order valence-electron chi connectivity index (χ4n) is 4.93. The Morgan fingerprint density at radius 3 is 2.28 bits per heavy atom. The number of urea groups is 1. The van der Waals surface area contributed by atoms with Gasteiger partial charge in [0, 0.05) is 7.05 Å². The average Bonchev–Trinajstić information content (AvgIpc) is 3.06. The van der Waals surface area contributed by atoms with Crippen LogP contribution in [0.25, 0.3) is 10.8 Å². The molecule has 3 atom stereocenters. The first kappa shape index (κ1) is 26.0. The van der Waals surface area contributed by atoms with E-state index in [1.165, 1.54) is 0 Å². The molecule has 0 spiro atoms. The molecule has 1 saturated heterocycles. The lowest BCUT2D eigenvalue weighted by molar-refractivity contribution is 0.204. The van der Waals surface area contributed by atoms with Crippen LogP contribution in [0.5, 0.6) is 0 Å². The van der Waals surface area contributed by atoms with Crippen molar-refractivity contribution in [2.24, 2.45) is 0 Å². The summed E-state index contributed by atoms with van der Waals surface area (Å²) in [7, 11) is -0.377. The van der Waals surface area contributed by atoms with Gasteiger partial charge in [0.1, 0.15) is 6.10 Å². The van der Waals surface area contributed by atoms with E-state index in [0.29, 0.717) is 0 Å². The maximum absolute atomic E-state index is 13.3. The van der Waals surface area contributed by atoms with E-state index in [4.69, 9.17) is 0 Å². The summed E-state index contributed by atoms with van der Waals surface area (Å²) in [6, 6.07) is 24.2. The van der Waals surface area contributed by atoms with Gasteiger partial charge < -0.3 is 10.0 Å². The summed E-state index contributed by atoms with van der Waals surface area (Å²) in [5, 5.41) is 14.9. The normalized spacial score (nSPS) is 19.4. The molecule has 0 unspecified atom stereocenters. The van der Waals surface area contributed by atoms with E-state index in [1.54, 1.807) is 16.0 Å². The van der Waals surface area contributed by atoms with E-state index in [0.717, 1.165) is 27.1 Å².